The van der Waals surface area contributed by atoms with E-state index in [1.807, 2.05) is 13.2 Å². The average Bonchev–Trinajstić information content (AvgIpc) is 2.63. The maximum Gasteiger partial charge on any atom is 0.0454 e. The van der Waals surface area contributed by atoms with E-state index in [4.69, 9.17) is 0 Å². The summed E-state index contributed by atoms with van der Waals surface area (Å²) < 4.78 is 0. The van der Waals surface area contributed by atoms with Crippen molar-refractivity contribution in [3.8, 4) is 0 Å². The third-order valence-corrected chi connectivity index (χ3v) is 2.51. The van der Waals surface area contributed by atoms with Gasteiger partial charge in [0.1, 0.15) is 0 Å². The molecule has 13 heavy (non-hydrogen) atoms. The Hall–Kier alpha value is -1.28. The molecule has 0 bridgehead atoms. The van der Waals surface area contributed by atoms with Gasteiger partial charge in [0.25, 0.3) is 0 Å². The first kappa shape index (κ1) is 8.32. The summed E-state index contributed by atoms with van der Waals surface area (Å²) in [5.74, 6) is 0. The van der Waals surface area contributed by atoms with Crippen LogP contribution < -0.4 is 5.32 Å². The lowest BCUT2D eigenvalue weighted by Crippen LogP contribution is -2.11. The molecular weight excluding hydrogens is 160 g/mol. The fraction of sp³-hybridized carbons (Fsp3) is 0.273. The van der Waals surface area contributed by atoms with Gasteiger partial charge in [0, 0.05) is 17.8 Å². The highest BCUT2D eigenvalue weighted by molar-refractivity contribution is 5.80. The highest BCUT2D eigenvalue weighted by atomic mass is 14.8. The van der Waals surface area contributed by atoms with Gasteiger partial charge in [-0.05, 0) is 43.1 Å². The van der Waals surface area contributed by atoms with Crippen LogP contribution in [0, 0.1) is 0 Å². The predicted octanol–water partition coefficient (Wildman–Crippen LogP) is 2.45. The summed E-state index contributed by atoms with van der Waals surface area (Å²) in [6, 6.07) is 9.01. The van der Waals surface area contributed by atoms with E-state index in [9.17, 15) is 0 Å². The van der Waals surface area contributed by atoms with Crippen LogP contribution in [-0.4, -0.2) is 12.0 Å². The number of hydrogen-bond donors (Lipinski definition) is 2. The lowest BCUT2D eigenvalue weighted by Gasteiger charge is -2.09. The van der Waals surface area contributed by atoms with Gasteiger partial charge in [0.15, 0.2) is 0 Å². The lowest BCUT2D eigenvalue weighted by molar-refractivity contribution is 0.653. The number of aromatic amines is 1. The smallest absolute Gasteiger partial charge is 0.0454 e. The van der Waals surface area contributed by atoms with E-state index in [1.54, 1.807) is 0 Å². The summed E-state index contributed by atoms with van der Waals surface area (Å²) >= 11 is 0. The zero-order valence-electron chi connectivity index (χ0n) is 7.96. The van der Waals surface area contributed by atoms with Crippen molar-refractivity contribution in [3.05, 3.63) is 36.0 Å². The summed E-state index contributed by atoms with van der Waals surface area (Å²) in [6.45, 7) is 2.16. The molecule has 0 fully saturated rings. The van der Waals surface area contributed by atoms with Crippen LogP contribution in [0.1, 0.15) is 18.5 Å². The molecule has 0 radical (unpaired) electrons. The largest absolute Gasteiger partial charge is 0.361 e. The van der Waals surface area contributed by atoms with Crippen LogP contribution in [0.4, 0.5) is 0 Å². The molecule has 2 N–H and O–H groups in total. The number of fused-ring (bicyclic) bond motifs is 1. The van der Waals surface area contributed by atoms with E-state index >= 15 is 0 Å². The van der Waals surface area contributed by atoms with Crippen LogP contribution in [-0.2, 0) is 0 Å². The number of hydrogen-bond acceptors (Lipinski definition) is 1. The lowest BCUT2D eigenvalue weighted by atomic mass is 10.1. The van der Waals surface area contributed by atoms with Gasteiger partial charge in [-0.25, -0.2) is 0 Å². The van der Waals surface area contributed by atoms with Crippen LogP contribution >= 0.6 is 0 Å². The molecular formula is C11H14N2. The third kappa shape index (κ3) is 1.45. The standard InChI is InChI=1S/C11H14N2/c1-8(12-2)9-3-4-11-10(7-9)5-6-13-11/h3-8,12-13H,1-2H3. The summed E-state index contributed by atoms with van der Waals surface area (Å²) in [7, 11) is 1.98. The van der Waals surface area contributed by atoms with E-state index in [0.29, 0.717) is 6.04 Å². The van der Waals surface area contributed by atoms with Gasteiger partial charge < -0.3 is 10.3 Å². The minimum atomic E-state index is 0.416. The molecule has 0 amide bonds. The van der Waals surface area contributed by atoms with E-state index in [0.717, 1.165) is 0 Å². The van der Waals surface area contributed by atoms with Crippen molar-refractivity contribution in [2.75, 3.05) is 7.05 Å². The average molecular weight is 174 g/mol. The maximum atomic E-state index is 3.23. The highest BCUT2D eigenvalue weighted by Crippen LogP contribution is 2.18. The monoisotopic (exact) mass is 174 g/mol. The summed E-state index contributed by atoms with van der Waals surface area (Å²) in [5.41, 5.74) is 2.53. The van der Waals surface area contributed by atoms with Crippen molar-refractivity contribution in [1.29, 1.82) is 0 Å². The van der Waals surface area contributed by atoms with Gasteiger partial charge >= 0.3 is 0 Å². The van der Waals surface area contributed by atoms with Crippen molar-refractivity contribution >= 4 is 10.9 Å². The molecule has 0 spiro atoms. The molecule has 0 saturated carbocycles. The van der Waals surface area contributed by atoms with E-state index in [2.05, 4.69) is 41.5 Å². The molecule has 2 nitrogen and oxygen atoms in total. The molecule has 0 aliphatic rings. The second-order valence-corrected chi connectivity index (χ2v) is 3.33. The van der Waals surface area contributed by atoms with Crippen LogP contribution in [0.3, 0.4) is 0 Å². The zero-order chi connectivity index (χ0) is 9.26. The Morgan fingerprint density at radius 3 is 2.92 bits per heavy atom. The van der Waals surface area contributed by atoms with Crippen molar-refractivity contribution in [1.82, 2.24) is 10.3 Å². The van der Waals surface area contributed by atoms with E-state index < -0.39 is 0 Å². The molecule has 1 atom stereocenters. The molecule has 68 valence electrons. The van der Waals surface area contributed by atoms with E-state index in [1.165, 1.54) is 16.5 Å². The molecule has 2 rings (SSSR count). The second kappa shape index (κ2) is 3.23. The molecule has 2 aromatic rings. The third-order valence-electron chi connectivity index (χ3n) is 2.51. The first-order valence-electron chi connectivity index (χ1n) is 4.55. The SMILES string of the molecule is CNC(C)c1ccc2[nH]ccc2c1. The Bertz CT molecular complexity index is 403. The van der Waals surface area contributed by atoms with Crippen molar-refractivity contribution in [3.63, 3.8) is 0 Å². The van der Waals surface area contributed by atoms with Crippen LogP contribution in [0.5, 0.6) is 0 Å². The Kier molecular flexibility index (Phi) is 2.07. The molecule has 1 unspecified atom stereocenters. The molecule has 1 heterocycles. The van der Waals surface area contributed by atoms with E-state index in [-0.39, 0.29) is 0 Å². The topological polar surface area (TPSA) is 27.8 Å². The van der Waals surface area contributed by atoms with Crippen LogP contribution in [0.25, 0.3) is 10.9 Å². The van der Waals surface area contributed by atoms with Gasteiger partial charge in [-0.15, -0.1) is 0 Å². The van der Waals surface area contributed by atoms with Gasteiger partial charge in [0.2, 0.25) is 0 Å². The molecule has 0 saturated heterocycles. The highest BCUT2D eigenvalue weighted by Gasteiger charge is 2.02. The zero-order valence-corrected chi connectivity index (χ0v) is 7.96. The summed E-state index contributed by atoms with van der Waals surface area (Å²) in [5, 5.41) is 4.51. The minimum absolute atomic E-state index is 0.416. The number of nitrogens with one attached hydrogen (secondary N) is 2. The predicted molar refractivity (Wildman–Crippen MR) is 55.8 cm³/mol. The minimum Gasteiger partial charge on any atom is -0.361 e. The number of benzene rings is 1. The normalized spacial score (nSPS) is 13.4. The first-order valence-corrected chi connectivity index (χ1v) is 4.55. The van der Waals surface area contributed by atoms with Crippen LogP contribution in [0.15, 0.2) is 30.5 Å². The van der Waals surface area contributed by atoms with Gasteiger partial charge in [-0.2, -0.15) is 0 Å². The Morgan fingerprint density at radius 1 is 1.31 bits per heavy atom. The van der Waals surface area contributed by atoms with Crippen molar-refractivity contribution in [2.45, 2.75) is 13.0 Å². The van der Waals surface area contributed by atoms with Crippen molar-refractivity contribution in [2.24, 2.45) is 0 Å². The Balaban J connectivity index is 2.48. The summed E-state index contributed by atoms with van der Waals surface area (Å²) in [4.78, 5) is 3.18. The molecule has 0 aliphatic heterocycles. The van der Waals surface area contributed by atoms with Gasteiger partial charge in [-0.1, -0.05) is 6.07 Å². The molecule has 2 heteroatoms. The molecule has 1 aromatic heterocycles. The van der Waals surface area contributed by atoms with Crippen molar-refractivity contribution < 1.29 is 0 Å². The fourth-order valence-electron chi connectivity index (χ4n) is 1.51. The Labute approximate surface area is 78.0 Å². The summed E-state index contributed by atoms with van der Waals surface area (Å²) in [6.07, 6.45) is 1.97. The quantitative estimate of drug-likeness (QED) is 0.719. The number of H-pyrrole nitrogens is 1. The van der Waals surface area contributed by atoms with Gasteiger partial charge in [0.05, 0.1) is 0 Å². The number of aromatic nitrogens is 1. The molecule has 1 aromatic carbocycles. The molecule has 0 aliphatic carbocycles. The Morgan fingerprint density at radius 2 is 2.15 bits per heavy atom. The maximum absolute atomic E-state index is 3.23. The van der Waals surface area contributed by atoms with Crippen LogP contribution in [0.2, 0.25) is 0 Å². The number of rotatable bonds is 2. The first-order chi connectivity index (χ1) is 6.31. The van der Waals surface area contributed by atoms with Gasteiger partial charge in [-0.3, -0.25) is 0 Å². The second-order valence-electron chi connectivity index (χ2n) is 3.33. The fourth-order valence-corrected chi connectivity index (χ4v) is 1.51.